The minimum absolute atomic E-state index is 0.0667. The van der Waals surface area contributed by atoms with Gasteiger partial charge in [0.15, 0.2) is 0 Å². The lowest BCUT2D eigenvalue weighted by atomic mass is 9.82. The van der Waals surface area contributed by atoms with Gasteiger partial charge in [0, 0.05) is 51.3 Å². The fourth-order valence-corrected chi connectivity index (χ4v) is 4.28. The van der Waals surface area contributed by atoms with Crippen molar-refractivity contribution in [1.82, 2.24) is 14.8 Å². The Hall–Kier alpha value is -2.94. The zero-order chi connectivity index (χ0) is 28.6. The van der Waals surface area contributed by atoms with Gasteiger partial charge in [-0.3, -0.25) is 14.7 Å². The second-order valence-corrected chi connectivity index (χ2v) is 9.27. The van der Waals surface area contributed by atoms with Crippen molar-refractivity contribution in [3.8, 4) is 0 Å². The van der Waals surface area contributed by atoms with E-state index >= 15 is 0 Å². The molecule has 3 fully saturated rings. The molecule has 0 aliphatic carbocycles. The highest BCUT2D eigenvalue weighted by Gasteiger charge is 2.46. The van der Waals surface area contributed by atoms with Gasteiger partial charge in [0.2, 0.25) is 5.91 Å². The minimum Gasteiger partial charge on any atom is -0.475 e. The summed E-state index contributed by atoms with van der Waals surface area (Å²) in [5.41, 5.74) is 1.20. The molecule has 0 aromatic carbocycles. The molecule has 4 rings (SSSR count). The highest BCUT2D eigenvalue weighted by Crippen LogP contribution is 2.37. The summed E-state index contributed by atoms with van der Waals surface area (Å²) in [4.78, 5) is 38.6. The largest absolute Gasteiger partial charge is 0.490 e. The Morgan fingerprint density at radius 2 is 1.66 bits per heavy atom. The molecule has 1 atom stereocenters. The molecule has 3 saturated heterocycles. The molecule has 15 heteroatoms. The summed E-state index contributed by atoms with van der Waals surface area (Å²) in [5.74, 6) is -4.66. The Bertz CT molecular complexity index is 904. The molecule has 1 aromatic heterocycles. The number of likely N-dealkylation sites (tertiary alicyclic amines) is 2. The summed E-state index contributed by atoms with van der Waals surface area (Å²) in [6.45, 7) is 5.58. The van der Waals surface area contributed by atoms with E-state index in [1.54, 1.807) is 0 Å². The van der Waals surface area contributed by atoms with E-state index in [2.05, 4.69) is 20.9 Å². The molecule has 9 nitrogen and oxygen atoms in total. The lowest BCUT2D eigenvalue weighted by molar-refractivity contribution is -0.193. The Morgan fingerprint density at radius 3 is 2.11 bits per heavy atom. The van der Waals surface area contributed by atoms with Crippen LogP contribution in [0.3, 0.4) is 0 Å². The van der Waals surface area contributed by atoms with E-state index in [0.717, 1.165) is 70.7 Å². The average molecular weight is 557 g/mol. The van der Waals surface area contributed by atoms with Crippen LogP contribution in [0.2, 0.25) is 0 Å². The van der Waals surface area contributed by atoms with E-state index in [1.165, 1.54) is 6.42 Å². The van der Waals surface area contributed by atoms with Crippen LogP contribution in [0.5, 0.6) is 0 Å². The predicted octanol–water partition coefficient (Wildman–Crippen LogP) is 3.34. The number of alkyl halides is 6. The molecule has 0 radical (unpaired) electrons. The Labute approximate surface area is 214 Å². The van der Waals surface area contributed by atoms with Gasteiger partial charge in [0.1, 0.15) is 0 Å². The third-order valence-electron chi connectivity index (χ3n) is 6.15. The van der Waals surface area contributed by atoms with Crippen molar-refractivity contribution in [2.45, 2.75) is 56.6 Å². The summed E-state index contributed by atoms with van der Waals surface area (Å²) in [6, 6.07) is 6.08. The number of ether oxygens (including phenoxy) is 1. The van der Waals surface area contributed by atoms with E-state index in [1.807, 2.05) is 18.3 Å². The first kappa shape index (κ1) is 31.3. The van der Waals surface area contributed by atoms with Gasteiger partial charge in [-0.05, 0) is 37.8 Å². The molecule has 4 heterocycles. The van der Waals surface area contributed by atoms with Gasteiger partial charge in [-0.2, -0.15) is 26.3 Å². The van der Waals surface area contributed by atoms with Crippen molar-refractivity contribution in [3.63, 3.8) is 0 Å². The Morgan fingerprint density at radius 1 is 1.05 bits per heavy atom. The van der Waals surface area contributed by atoms with Gasteiger partial charge < -0.3 is 19.8 Å². The number of hydrogen-bond acceptors (Lipinski definition) is 6. The lowest BCUT2D eigenvalue weighted by Crippen LogP contribution is -2.64. The molecule has 0 bridgehead atoms. The van der Waals surface area contributed by atoms with Crippen LogP contribution >= 0.6 is 0 Å². The van der Waals surface area contributed by atoms with Crippen LogP contribution in [0.1, 0.15) is 37.8 Å². The number of hydrogen-bond donors (Lipinski definition) is 2. The van der Waals surface area contributed by atoms with Gasteiger partial charge in [0.05, 0.1) is 17.9 Å². The van der Waals surface area contributed by atoms with Crippen LogP contribution in [0.4, 0.5) is 26.3 Å². The van der Waals surface area contributed by atoms with Crippen LogP contribution in [-0.4, -0.2) is 93.6 Å². The molecule has 1 aromatic rings. The van der Waals surface area contributed by atoms with Crippen molar-refractivity contribution < 1.29 is 55.7 Å². The van der Waals surface area contributed by atoms with E-state index in [0.29, 0.717) is 11.8 Å². The maximum absolute atomic E-state index is 12.0. The third-order valence-corrected chi connectivity index (χ3v) is 6.15. The number of nitrogens with zero attached hydrogens (tertiary/aromatic N) is 3. The molecule has 3 aliphatic heterocycles. The molecular formula is C23H29F6N3O6. The van der Waals surface area contributed by atoms with E-state index in [4.69, 9.17) is 24.5 Å². The van der Waals surface area contributed by atoms with E-state index < -0.39 is 24.3 Å². The number of carbonyl (C=O) groups excluding carboxylic acids is 1. The van der Waals surface area contributed by atoms with Gasteiger partial charge in [0.25, 0.3) is 0 Å². The van der Waals surface area contributed by atoms with Gasteiger partial charge in [-0.1, -0.05) is 6.07 Å². The Kier molecular flexibility index (Phi) is 10.9. The van der Waals surface area contributed by atoms with Gasteiger partial charge >= 0.3 is 24.3 Å². The monoisotopic (exact) mass is 557 g/mol. The second kappa shape index (κ2) is 13.2. The van der Waals surface area contributed by atoms with E-state index in [-0.39, 0.29) is 5.60 Å². The van der Waals surface area contributed by atoms with Crippen molar-refractivity contribution >= 4 is 17.8 Å². The first-order valence-electron chi connectivity index (χ1n) is 11.8. The molecule has 214 valence electrons. The van der Waals surface area contributed by atoms with E-state index in [9.17, 15) is 31.1 Å². The lowest BCUT2D eigenvalue weighted by Gasteiger charge is -2.53. The van der Waals surface area contributed by atoms with Crippen LogP contribution in [0.25, 0.3) is 0 Å². The average Bonchev–Trinajstić information content (AvgIpc) is 2.81. The fraction of sp³-hybridized carbons (Fsp3) is 0.652. The zero-order valence-electron chi connectivity index (χ0n) is 20.3. The van der Waals surface area contributed by atoms with Crippen LogP contribution in [0.15, 0.2) is 24.4 Å². The molecule has 1 amide bonds. The fourth-order valence-electron chi connectivity index (χ4n) is 4.28. The summed E-state index contributed by atoms with van der Waals surface area (Å²) < 4.78 is 69.7. The first-order chi connectivity index (χ1) is 17.6. The minimum atomic E-state index is -5.08. The second-order valence-electron chi connectivity index (χ2n) is 9.27. The van der Waals surface area contributed by atoms with Crippen LogP contribution in [-0.2, 0) is 25.7 Å². The summed E-state index contributed by atoms with van der Waals surface area (Å²) in [6.07, 6.45) is -3.05. The molecule has 38 heavy (non-hydrogen) atoms. The number of aliphatic carboxylic acids is 2. The number of amides is 1. The van der Waals surface area contributed by atoms with Crippen molar-refractivity contribution in [3.05, 3.63) is 30.1 Å². The quantitative estimate of drug-likeness (QED) is 0.541. The standard InChI is InChI=1S/C19H27N3O2.2C2HF3O2/c23-18-6-2-4-10-22(18)11-16-7-8-19(24-13-16)14-21(15-19)12-17-5-1-3-9-20-17;2*3-2(4,5)1(6)7/h1,3,5,9,16H,2,4,6-8,10-15H2;2*(H,6,7). The first-order valence-corrected chi connectivity index (χ1v) is 11.8. The number of pyridine rings is 1. The summed E-state index contributed by atoms with van der Waals surface area (Å²) in [5, 5.41) is 14.2. The smallest absolute Gasteiger partial charge is 0.475 e. The Balaban J connectivity index is 0.000000301. The topological polar surface area (TPSA) is 120 Å². The van der Waals surface area contributed by atoms with Crippen LogP contribution in [0, 0.1) is 5.92 Å². The SMILES string of the molecule is O=C(O)C(F)(F)F.O=C(O)C(F)(F)F.O=C1CCCCN1CC1CCC2(CN(Cc3ccccn3)C2)OC1. The zero-order valence-corrected chi connectivity index (χ0v) is 20.3. The number of piperidine rings is 1. The molecule has 1 unspecified atom stereocenters. The molecule has 1 spiro atoms. The number of halogens is 6. The van der Waals surface area contributed by atoms with Crippen molar-refractivity contribution in [2.24, 2.45) is 5.92 Å². The molecule has 0 saturated carbocycles. The van der Waals surface area contributed by atoms with Gasteiger partial charge in [-0.15, -0.1) is 0 Å². The van der Waals surface area contributed by atoms with Gasteiger partial charge in [-0.25, -0.2) is 9.59 Å². The normalized spacial score (nSPS) is 21.4. The van der Waals surface area contributed by atoms with Crippen molar-refractivity contribution in [2.75, 3.05) is 32.8 Å². The van der Waals surface area contributed by atoms with Crippen molar-refractivity contribution in [1.29, 1.82) is 0 Å². The van der Waals surface area contributed by atoms with Crippen LogP contribution < -0.4 is 0 Å². The number of aromatic nitrogens is 1. The predicted molar refractivity (Wildman–Crippen MR) is 119 cm³/mol. The third kappa shape index (κ3) is 10.1. The number of carbonyl (C=O) groups is 3. The molecular weight excluding hydrogens is 528 g/mol. The molecule has 2 N–H and O–H groups in total. The number of carboxylic acids is 2. The summed E-state index contributed by atoms with van der Waals surface area (Å²) in [7, 11) is 0. The highest BCUT2D eigenvalue weighted by molar-refractivity contribution is 5.76. The maximum Gasteiger partial charge on any atom is 0.490 e. The number of carboxylic acid groups (broad SMARTS) is 2. The highest BCUT2D eigenvalue weighted by atomic mass is 19.4. The number of rotatable bonds is 4. The summed E-state index contributed by atoms with van der Waals surface area (Å²) >= 11 is 0. The molecule has 3 aliphatic rings. The maximum atomic E-state index is 12.0.